The first-order valence-corrected chi connectivity index (χ1v) is 9.09. The van der Waals surface area contributed by atoms with Gasteiger partial charge in [0.25, 0.3) is 0 Å². The van der Waals surface area contributed by atoms with Gasteiger partial charge in [-0.15, -0.1) is 0 Å². The Kier molecular flexibility index (Phi) is 8.07. The fourth-order valence-electron chi connectivity index (χ4n) is 3.57. The van der Waals surface area contributed by atoms with E-state index in [2.05, 4.69) is 82.8 Å². The largest absolute Gasteiger partial charge is 1.00 e. The van der Waals surface area contributed by atoms with Crippen LogP contribution in [0.3, 0.4) is 0 Å². The van der Waals surface area contributed by atoms with Gasteiger partial charge >= 0.3 is 68.9 Å². The summed E-state index contributed by atoms with van der Waals surface area (Å²) in [6, 6.07) is 29.3. The molecule has 0 unspecified atom stereocenters. The Labute approximate surface area is 233 Å². The van der Waals surface area contributed by atoms with Gasteiger partial charge in [-0.25, -0.2) is 0 Å². The van der Waals surface area contributed by atoms with E-state index in [1.807, 2.05) is 24.5 Å². The number of rotatable bonds is 2. The molecule has 5 rings (SSSR count). The molecule has 0 bridgehead atoms. The topological polar surface area (TPSA) is 84.5 Å². The molecule has 138 valence electrons. The van der Waals surface area contributed by atoms with E-state index in [4.69, 9.17) is 11.1 Å². The third-order valence-corrected chi connectivity index (χ3v) is 4.79. The number of fused-ring (bicyclic) bond motifs is 3. The monoisotopic (exact) mass is 507 g/mol. The molecule has 5 aromatic rings. The number of pyridine rings is 2. The van der Waals surface area contributed by atoms with Gasteiger partial charge in [-0.2, -0.15) is 0 Å². The van der Waals surface area contributed by atoms with Crippen molar-refractivity contribution in [3.63, 3.8) is 0 Å². The predicted molar refractivity (Wildman–Crippen MR) is 118 cm³/mol. The minimum absolute atomic E-state index is 0. The normalized spacial score (nSPS) is 9.87. The molecule has 0 N–H and O–H groups in total. The van der Waals surface area contributed by atoms with Gasteiger partial charge in [-0.05, 0) is 34.4 Å². The van der Waals surface area contributed by atoms with Crippen molar-refractivity contribution >= 4 is 21.8 Å². The van der Waals surface area contributed by atoms with Crippen molar-refractivity contribution < 1.29 is 68.9 Å². The van der Waals surface area contributed by atoms with Crippen molar-refractivity contribution in [2.45, 2.75) is 0 Å². The molecule has 3 aromatic carbocycles. The first-order chi connectivity index (χ1) is 14.3. The van der Waals surface area contributed by atoms with Crippen molar-refractivity contribution in [3.8, 4) is 22.3 Å². The van der Waals surface area contributed by atoms with Crippen LogP contribution in [0.15, 0.2) is 97.3 Å². The zero-order valence-corrected chi connectivity index (χ0v) is 22.8. The van der Waals surface area contributed by atoms with E-state index < -0.39 is 0 Å². The van der Waals surface area contributed by atoms with Crippen LogP contribution in [0, 0.1) is 0 Å². The molecule has 0 atom stereocenters. The molecular formula is C24H16CsN5. The van der Waals surface area contributed by atoms with Gasteiger partial charge in [0.2, 0.25) is 0 Å². The van der Waals surface area contributed by atoms with Gasteiger partial charge < -0.3 is 11.1 Å². The van der Waals surface area contributed by atoms with Crippen molar-refractivity contribution in [3.05, 3.63) is 113 Å². The summed E-state index contributed by atoms with van der Waals surface area (Å²) >= 11 is 0. The molecule has 0 saturated heterocycles. The Morgan fingerprint density at radius 3 is 1.27 bits per heavy atom. The van der Waals surface area contributed by atoms with E-state index in [9.17, 15) is 0 Å². The summed E-state index contributed by atoms with van der Waals surface area (Å²) in [5.41, 5.74) is 20.1. The molecule has 6 heteroatoms. The van der Waals surface area contributed by atoms with Gasteiger partial charge in [0.1, 0.15) is 0 Å². The Hall–Kier alpha value is -2.16. The van der Waals surface area contributed by atoms with Gasteiger partial charge in [0, 0.05) is 23.2 Å². The Morgan fingerprint density at radius 1 is 0.533 bits per heavy atom. The molecule has 2 heterocycles. The number of hydrogen-bond donors (Lipinski definition) is 0. The average Bonchev–Trinajstić information content (AvgIpc) is 2.80. The average molecular weight is 507 g/mol. The van der Waals surface area contributed by atoms with E-state index in [-0.39, 0.29) is 68.9 Å². The van der Waals surface area contributed by atoms with Crippen molar-refractivity contribution in [1.82, 2.24) is 9.97 Å². The summed E-state index contributed by atoms with van der Waals surface area (Å²) in [6.07, 6.45) is 3.75. The van der Waals surface area contributed by atoms with Gasteiger partial charge in [-0.3, -0.25) is 14.9 Å². The molecule has 0 saturated carbocycles. The maximum Gasteiger partial charge on any atom is 1.00 e. The number of nitrogens with zero attached hydrogens (tertiary/aromatic N) is 5. The molecular weight excluding hydrogens is 491 g/mol. The van der Waals surface area contributed by atoms with Crippen LogP contribution >= 0.6 is 0 Å². The summed E-state index contributed by atoms with van der Waals surface area (Å²) in [4.78, 5) is 10.8. The molecule has 5 nitrogen and oxygen atoms in total. The molecule has 0 aliphatic heterocycles. The standard InChI is InChI=1S/C24H16N2.Cs.N3/c1-3-7-17(8-4-1)19-13-15-25-23-21(19)11-12-22-20(14-16-26-24(22)23)18-9-5-2-6-10-18;;1-3-2/h1-16H;;/q;+1;-1. The van der Waals surface area contributed by atoms with Crippen molar-refractivity contribution in [2.75, 3.05) is 0 Å². The SMILES string of the molecule is [Cs+].[N-]=[N+]=[N-].c1ccc(-c2ccnc3c2ccc2c(-c4ccccc4)ccnc23)cc1. The number of benzene rings is 3. The smallest absolute Gasteiger partial charge is 0.373 e. The molecule has 0 aliphatic rings. The van der Waals surface area contributed by atoms with Gasteiger partial charge in [-0.1, -0.05) is 72.8 Å². The second kappa shape index (κ2) is 10.7. The maximum absolute atomic E-state index is 6.75. The summed E-state index contributed by atoms with van der Waals surface area (Å²) < 4.78 is 0. The second-order valence-electron chi connectivity index (χ2n) is 6.40. The van der Waals surface area contributed by atoms with Crippen LogP contribution in [0.2, 0.25) is 0 Å². The van der Waals surface area contributed by atoms with E-state index in [0.29, 0.717) is 0 Å². The van der Waals surface area contributed by atoms with Crippen LogP contribution in [-0.2, 0) is 0 Å². The minimum Gasteiger partial charge on any atom is -0.373 e. The molecule has 30 heavy (non-hydrogen) atoms. The molecule has 0 amide bonds. The Morgan fingerprint density at radius 2 is 0.900 bits per heavy atom. The molecule has 0 radical (unpaired) electrons. The van der Waals surface area contributed by atoms with Crippen LogP contribution in [-0.4, -0.2) is 9.97 Å². The van der Waals surface area contributed by atoms with E-state index in [1.54, 1.807) is 0 Å². The molecule has 0 fully saturated rings. The molecule has 0 spiro atoms. The van der Waals surface area contributed by atoms with Gasteiger partial charge in [0.15, 0.2) is 0 Å². The summed E-state index contributed by atoms with van der Waals surface area (Å²) in [7, 11) is 0. The minimum atomic E-state index is 0. The molecule has 2 aromatic heterocycles. The maximum atomic E-state index is 6.75. The van der Waals surface area contributed by atoms with Crippen LogP contribution in [0.5, 0.6) is 0 Å². The number of hydrogen-bond acceptors (Lipinski definition) is 2. The fraction of sp³-hybridized carbons (Fsp3) is 0. The summed E-state index contributed by atoms with van der Waals surface area (Å²) in [5.74, 6) is 0. The van der Waals surface area contributed by atoms with Crippen LogP contribution in [0.25, 0.3) is 60.0 Å². The summed E-state index contributed by atoms with van der Waals surface area (Å²) in [5, 5.41) is 2.26. The second-order valence-corrected chi connectivity index (χ2v) is 6.40. The van der Waals surface area contributed by atoms with E-state index in [1.165, 1.54) is 27.2 Å². The van der Waals surface area contributed by atoms with Crippen LogP contribution in [0.1, 0.15) is 0 Å². The first-order valence-electron chi connectivity index (χ1n) is 9.09. The van der Waals surface area contributed by atoms with E-state index >= 15 is 0 Å². The molecule has 0 aliphatic carbocycles. The van der Waals surface area contributed by atoms with Crippen molar-refractivity contribution in [1.29, 1.82) is 0 Å². The first kappa shape index (κ1) is 22.5. The van der Waals surface area contributed by atoms with Crippen molar-refractivity contribution in [2.24, 2.45) is 0 Å². The van der Waals surface area contributed by atoms with Crippen LogP contribution < -0.4 is 68.9 Å². The number of aromatic nitrogens is 2. The third-order valence-electron chi connectivity index (χ3n) is 4.79. The Balaban J connectivity index is 0.000000606. The zero-order valence-electron chi connectivity index (χ0n) is 16.5. The van der Waals surface area contributed by atoms with E-state index in [0.717, 1.165) is 21.8 Å². The predicted octanol–water partition coefficient (Wildman–Crippen LogP) is 3.99. The van der Waals surface area contributed by atoms with Crippen LogP contribution in [0.4, 0.5) is 0 Å². The quantitative estimate of drug-likeness (QED) is 0.157. The third kappa shape index (κ3) is 4.61. The fourth-order valence-corrected chi connectivity index (χ4v) is 3.57. The summed E-state index contributed by atoms with van der Waals surface area (Å²) in [6.45, 7) is 0. The zero-order chi connectivity index (χ0) is 20.1. The Bertz CT molecular complexity index is 1220. The van der Waals surface area contributed by atoms with Gasteiger partial charge in [0.05, 0.1) is 11.0 Å².